The number of benzene rings is 2. The van der Waals surface area contributed by atoms with Crippen LogP contribution in [0.3, 0.4) is 0 Å². The predicted molar refractivity (Wildman–Crippen MR) is 82.7 cm³/mol. The van der Waals surface area contributed by atoms with Crippen molar-refractivity contribution in [2.75, 3.05) is 17.2 Å². The SMILES string of the molecule is O=C1COc2cccc(NC(=O)c3ccc(Br)cc3)c2N1. The van der Waals surface area contributed by atoms with Crippen molar-refractivity contribution in [3.63, 3.8) is 0 Å². The number of carbonyl (C=O) groups is 2. The highest BCUT2D eigenvalue weighted by Crippen LogP contribution is 2.34. The van der Waals surface area contributed by atoms with Gasteiger partial charge in [-0.25, -0.2) is 0 Å². The first kappa shape index (κ1) is 13.6. The first-order valence-corrected chi connectivity index (χ1v) is 7.05. The second-order valence-corrected chi connectivity index (χ2v) is 5.39. The maximum Gasteiger partial charge on any atom is 0.262 e. The van der Waals surface area contributed by atoms with Crippen LogP contribution in [0.15, 0.2) is 46.9 Å². The van der Waals surface area contributed by atoms with Crippen molar-refractivity contribution in [2.24, 2.45) is 0 Å². The molecule has 2 amide bonds. The molecule has 0 aliphatic carbocycles. The van der Waals surface area contributed by atoms with E-state index in [1.54, 1.807) is 42.5 Å². The Labute approximate surface area is 129 Å². The van der Waals surface area contributed by atoms with Gasteiger partial charge in [-0.3, -0.25) is 9.59 Å². The molecule has 0 saturated heterocycles. The molecular weight excluding hydrogens is 336 g/mol. The van der Waals surface area contributed by atoms with Crippen LogP contribution in [0.4, 0.5) is 11.4 Å². The molecule has 0 spiro atoms. The second kappa shape index (κ2) is 5.57. The molecule has 0 aromatic heterocycles. The van der Waals surface area contributed by atoms with Gasteiger partial charge in [0.25, 0.3) is 11.8 Å². The Balaban J connectivity index is 1.87. The van der Waals surface area contributed by atoms with E-state index in [-0.39, 0.29) is 18.4 Å². The molecule has 6 heteroatoms. The van der Waals surface area contributed by atoms with Crippen LogP contribution in [-0.4, -0.2) is 18.4 Å². The number of rotatable bonds is 2. The van der Waals surface area contributed by atoms with Gasteiger partial charge in [0.15, 0.2) is 6.61 Å². The van der Waals surface area contributed by atoms with Crippen LogP contribution in [0.1, 0.15) is 10.4 Å². The van der Waals surface area contributed by atoms with Crippen molar-refractivity contribution < 1.29 is 14.3 Å². The quantitative estimate of drug-likeness (QED) is 0.878. The third kappa shape index (κ3) is 2.90. The van der Waals surface area contributed by atoms with Gasteiger partial charge in [0.1, 0.15) is 11.4 Å². The largest absolute Gasteiger partial charge is 0.481 e. The van der Waals surface area contributed by atoms with E-state index in [0.717, 1.165) is 4.47 Å². The van der Waals surface area contributed by atoms with Crippen LogP contribution < -0.4 is 15.4 Å². The topological polar surface area (TPSA) is 67.4 Å². The van der Waals surface area contributed by atoms with E-state index >= 15 is 0 Å². The van der Waals surface area contributed by atoms with Crippen LogP contribution in [0.25, 0.3) is 0 Å². The minimum atomic E-state index is -0.254. The summed E-state index contributed by atoms with van der Waals surface area (Å²) in [6, 6.07) is 12.2. The number of amides is 2. The van der Waals surface area contributed by atoms with Crippen LogP contribution in [0.5, 0.6) is 5.75 Å². The van der Waals surface area contributed by atoms with Gasteiger partial charge in [-0.05, 0) is 36.4 Å². The minimum absolute atomic E-state index is 0.0168. The van der Waals surface area contributed by atoms with Gasteiger partial charge in [0.05, 0.1) is 5.69 Å². The minimum Gasteiger partial charge on any atom is -0.481 e. The van der Waals surface area contributed by atoms with Gasteiger partial charge in [0, 0.05) is 10.0 Å². The van der Waals surface area contributed by atoms with E-state index in [1.807, 2.05) is 0 Å². The first-order chi connectivity index (χ1) is 10.1. The average molecular weight is 347 g/mol. The summed E-state index contributed by atoms with van der Waals surface area (Å²) in [6.07, 6.45) is 0. The molecule has 2 N–H and O–H groups in total. The fourth-order valence-corrected chi connectivity index (χ4v) is 2.26. The third-order valence-corrected chi connectivity index (χ3v) is 3.53. The van der Waals surface area contributed by atoms with Crippen molar-refractivity contribution in [1.82, 2.24) is 0 Å². The number of halogens is 1. The van der Waals surface area contributed by atoms with Crippen molar-refractivity contribution >= 4 is 39.1 Å². The molecule has 106 valence electrons. The molecule has 1 heterocycles. The summed E-state index contributed by atoms with van der Waals surface area (Å²) in [5, 5.41) is 5.49. The molecule has 0 bridgehead atoms. The van der Waals surface area contributed by atoms with Crippen LogP contribution in [0.2, 0.25) is 0 Å². The summed E-state index contributed by atoms with van der Waals surface area (Å²) in [5.74, 6) is 0.0479. The molecule has 2 aromatic carbocycles. The van der Waals surface area contributed by atoms with Gasteiger partial charge in [-0.15, -0.1) is 0 Å². The smallest absolute Gasteiger partial charge is 0.262 e. The number of nitrogens with one attached hydrogen (secondary N) is 2. The van der Waals surface area contributed by atoms with Gasteiger partial charge < -0.3 is 15.4 Å². The summed E-state index contributed by atoms with van der Waals surface area (Å²) in [6.45, 7) is -0.0168. The van der Waals surface area contributed by atoms with E-state index in [4.69, 9.17) is 4.74 Å². The third-order valence-electron chi connectivity index (χ3n) is 3.00. The van der Waals surface area contributed by atoms with Crippen LogP contribution in [-0.2, 0) is 4.79 Å². The predicted octanol–water partition coefficient (Wildman–Crippen LogP) is 3.03. The van der Waals surface area contributed by atoms with Gasteiger partial charge in [-0.1, -0.05) is 22.0 Å². The number of anilines is 2. The zero-order chi connectivity index (χ0) is 14.8. The molecule has 0 radical (unpaired) electrons. The highest BCUT2D eigenvalue weighted by molar-refractivity contribution is 9.10. The summed E-state index contributed by atoms with van der Waals surface area (Å²) in [7, 11) is 0. The van der Waals surface area contributed by atoms with Crippen molar-refractivity contribution in [3.05, 3.63) is 52.5 Å². The van der Waals surface area contributed by atoms with Crippen LogP contribution in [0, 0.1) is 0 Å². The summed E-state index contributed by atoms with van der Waals surface area (Å²) in [4.78, 5) is 23.6. The summed E-state index contributed by atoms with van der Waals surface area (Å²) >= 11 is 3.32. The fourth-order valence-electron chi connectivity index (χ4n) is 2.00. The molecule has 1 aliphatic heterocycles. The average Bonchev–Trinajstić information content (AvgIpc) is 2.48. The Kier molecular flexibility index (Phi) is 3.62. The van der Waals surface area contributed by atoms with Crippen molar-refractivity contribution in [1.29, 1.82) is 0 Å². The van der Waals surface area contributed by atoms with E-state index in [2.05, 4.69) is 26.6 Å². The van der Waals surface area contributed by atoms with Gasteiger partial charge in [-0.2, -0.15) is 0 Å². The first-order valence-electron chi connectivity index (χ1n) is 6.26. The molecular formula is C15H11BrN2O3. The molecule has 0 fully saturated rings. The Morgan fingerprint density at radius 1 is 1.19 bits per heavy atom. The Hall–Kier alpha value is -2.34. The van der Waals surface area contributed by atoms with E-state index < -0.39 is 0 Å². The number of ether oxygens (including phenoxy) is 1. The number of hydrogen-bond acceptors (Lipinski definition) is 3. The molecule has 2 aromatic rings. The molecule has 3 rings (SSSR count). The molecule has 0 atom stereocenters. The zero-order valence-electron chi connectivity index (χ0n) is 10.9. The second-order valence-electron chi connectivity index (χ2n) is 4.48. The molecule has 0 saturated carbocycles. The van der Waals surface area contributed by atoms with Crippen molar-refractivity contribution in [3.8, 4) is 5.75 Å². The molecule has 21 heavy (non-hydrogen) atoms. The zero-order valence-corrected chi connectivity index (χ0v) is 12.4. The van der Waals surface area contributed by atoms with Crippen LogP contribution >= 0.6 is 15.9 Å². The Morgan fingerprint density at radius 3 is 2.71 bits per heavy atom. The lowest BCUT2D eigenvalue weighted by Crippen LogP contribution is -2.26. The van der Waals surface area contributed by atoms with Crippen molar-refractivity contribution in [2.45, 2.75) is 0 Å². The van der Waals surface area contributed by atoms with Gasteiger partial charge in [0.2, 0.25) is 0 Å². The van der Waals surface area contributed by atoms with E-state index in [9.17, 15) is 9.59 Å². The summed E-state index contributed by atoms with van der Waals surface area (Å²) < 4.78 is 6.21. The molecule has 1 aliphatic rings. The molecule has 5 nitrogen and oxygen atoms in total. The fraction of sp³-hybridized carbons (Fsp3) is 0.0667. The van der Waals surface area contributed by atoms with E-state index in [1.165, 1.54) is 0 Å². The standard InChI is InChI=1S/C15H11BrN2O3/c16-10-6-4-9(5-7-10)15(20)17-11-2-1-3-12-14(11)18-13(19)8-21-12/h1-7H,8H2,(H,17,20)(H,18,19). The Bertz CT molecular complexity index is 713. The number of hydrogen-bond donors (Lipinski definition) is 2. The maximum absolute atomic E-state index is 12.2. The lowest BCUT2D eigenvalue weighted by molar-refractivity contribution is -0.118. The lowest BCUT2D eigenvalue weighted by atomic mass is 10.2. The highest BCUT2D eigenvalue weighted by atomic mass is 79.9. The number of para-hydroxylation sites is 1. The van der Waals surface area contributed by atoms with E-state index in [0.29, 0.717) is 22.7 Å². The summed E-state index contributed by atoms with van der Waals surface area (Å²) in [5.41, 5.74) is 1.52. The highest BCUT2D eigenvalue weighted by Gasteiger charge is 2.20. The monoisotopic (exact) mass is 346 g/mol. The normalized spacial score (nSPS) is 12.9. The molecule has 0 unspecified atom stereocenters. The van der Waals surface area contributed by atoms with Gasteiger partial charge >= 0.3 is 0 Å². The number of fused-ring (bicyclic) bond motifs is 1. The maximum atomic E-state index is 12.2. The Morgan fingerprint density at radius 2 is 1.95 bits per heavy atom. The number of carbonyl (C=O) groups excluding carboxylic acids is 2. The lowest BCUT2D eigenvalue weighted by Gasteiger charge is -2.20.